The smallest absolute Gasteiger partial charge is 0.257 e. The van der Waals surface area contributed by atoms with Crippen LogP contribution >= 0.6 is 0 Å². The molecule has 176 valence electrons. The Morgan fingerprint density at radius 3 is 1.53 bits per heavy atom. The third kappa shape index (κ3) is 6.38. The van der Waals surface area contributed by atoms with Gasteiger partial charge in [-0.05, 0) is 34.9 Å². The summed E-state index contributed by atoms with van der Waals surface area (Å²) < 4.78 is 16.2. The molecule has 7 nitrogen and oxygen atoms in total. The van der Waals surface area contributed by atoms with Gasteiger partial charge in [-0.25, -0.2) is 0 Å². The van der Waals surface area contributed by atoms with E-state index < -0.39 is 11.8 Å². The Bertz CT molecular complexity index is 1060. The fraction of sp³-hybridized carbons (Fsp3) is 0.185. The molecule has 34 heavy (non-hydrogen) atoms. The van der Waals surface area contributed by atoms with Gasteiger partial charge in [-0.2, -0.15) is 0 Å². The van der Waals surface area contributed by atoms with E-state index in [4.69, 9.17) is 14.2 Å². The number of methoxy groups -OCH3 is 3. The fourth-order valence-electron chi connectivity index (χ4n) is 3.33. The topological polar surface area (TPSA) is 85.9 Å². The number of ether oxygens (including phenoxy) is 3. The second-order valence-corrected chi connectivity index (χ2v) is 7.35. The molecule has 0 bridgehead atoms. The van der Waals surface area contributed by atoms with Crippen molar-refractivity contribution in [3.8, 4) is 17.2 Å². The van der Waals surface area contributed by atoms with Gasteiger partial charge in [-0.1, -0.05) is 60.7 Å². The van der Waals surface area contributed by atoms with Crippen LogP contribution in [-0.2, 0) is 22.7 Å². The lowest BCUT2D eigenvalue weighted by Crippen LogP contribution is -2.34. The summed E-state index contributed by atoms with van der Waals surface area (Å²) in [6, 6.07) is 22.3. The van der Waals surface area contributed by atoms with E-state index in [0.717, 1.165) is 11.1 Å². The monoisotopic (exact) mass is 460 g/mol. The second kappa shape index (κ2) is 12.1. The Kier molecular flexibility index (Phi) is 8.68. The molecule has 0 spiro atoms. The van der Waals surface area contributed by atoms with E-state index in [1.54, 1.807) is 12.1 Å². The molecule has 7 heteroatoms. The van der Waals surface area contributed by atoms with E-state index in [1.165, 1.54) is 27.4 Å². The molecule has 0 saturated carbocycles. The summed E-state index contributed by atoms with van der Waals surface area (Å²) in [4.78, 5) is 26.2. The van der Waals surface area contributed by atoms with E-state index >= 15 is 0 Å². The molecule has 0 fully saturated rings. The highest BCUT2D eigenvalue weighted by Gasteiger charge is 2.20. The molecule has 0 aliphatic rings. The predicted molar refractivity (Wildman–Crippen MR) is 131 cm³/mol. The van der Waals surface area contributed by atoms with E-state index in [0.29, 0.717) is 22.8 Å². The van der Waals surface area contributed by atoms with Crippen LogP contribution in [0.2, 0.25) is 0 Å². The van der Waals surface area contributed by atoms with E-state index in [1.807, 2.05) is 60.7 Å². The van der Waals surface area contributed by atoms with Gasteiger partial charge in [0.1, 0.15) is 5.57 Å². The molecule has 3 aromatic rings. The summed E-state index contributed by atoms with van der Waals surface area (Å²) in [5.41, 5.74) is 2.36. The second-order valence-electron chi connectivity index (χ2n) is 7.35. The lowest BCUT2D eigenvalue weighted by Gasteiger charge is -2.14. The molecule has 0 atom stereocenters. The zero-order chi connectivity index (χ0) is 24.3. The number of benzene rings is 3. The van der Waals surface area contributed by atoms with E-state index in [9.17, 15) is 9.59 Å². The van der Waals surface area contributed by atoms with Crippen molar-refractivity contribution in [2.75, 3.05) is 21.3 Å². The van der Waals surface area contributed by atoms with Gasteiger partial charge in [0.25, 0.3) is 11.8 Å². The van der Waals surface area contributed by atoms with Gasteiger partial charge in [-0.15, -0.1) is 0 Å². The van der Waals surface area contributed by atoms with Crippen LogP contribution in [0.3, 0.4) is 0 Å². The lowest BCUT2D eigenvalue weighted by atomic mass is 10.1. The Morgan fingerprint density at radius 2 is 1.15 bits per heavy atom. The maximum atomic E-state index is 13.1. The largest absolute Gasteiger partial charge is 0.493 e. The minimum Gasteiger partial charge on any atom is -0.493 e. The first-order valence-electron chi connectivity index (χ1n) is 10.7. The van der Waals surface area contributed by atoms with Crippen LogP contribution in [0.15, 0.2) is 78.4 Å². The number of carbonyl (C=O) groups is 2. The van der Waals surface area contributed by atoms with Crippen molar-refractivity contribution in [3.05, 3.63) is 95.1 Å². The quantitative estimate of drug-likeness (QED) is 0.274. The first-order valence-corrected chi connectivity index (χ1v) is 10.7. The van der Waals surface area contributed by atoms with Crippen LogP contribution in [0.5, 0.6) is 17.2 Å². The Balaban J connectivity index is 1.90. The van der Waals surface area contributed by atoms with Gasteiger partial charge < -0.3 is 24.8 Å². The minimum absolute atomic E-state index is 0.0406. The SMILES string of the molecule is COc1cc(C=C(C(=O)NCc2ccccc2)C(=O)NCc2ccccc2)cc(OC)c1OC. The van der Waals surface area contributed by atoms with Gasteiger partial charge in [0.05, 0.1) is 21.3 Å². The molecular weight excluding hydrogens is 432 g/mol. The van der Waals surface area contributed by atoms with E-state index in [-0.39, 0.29) is 18.7 Å². The van der Waals surface area contributed by atoms with Crippen molar-refractivity contribution < 1.29 is 23.8 Å². The molecule has 2 N–H and O–H groups in total. The zero-order valence-electron chi connectivity index (χ0n) is 19.5. The molecular formula is C27H28N2O5. The molecule has 2 amide bonds. The summed E-state index contributed by atoms with van der Waals surface area (Å²) >= 11 is 0. The van der Waals surface area contributed by atoms with Crippen molar-refractivity contribution in [2.45, 2.75) is 13.1 Å². The number of amides is 2. The van der Waals surface area contributed by atoms with Crippen molar-refractivity contribution in [2.24, 2.45) is 0 Å². The molecule has 0 heterocycles. The number of rotatable bonds is 10. The average molecular weight is 461 g/mol. The summed E-state index contributed by atoms with van der Waals surface area (Å²) in [7, 11) is 4.52. The maximum Gasteiger partial charge on any atom is 0.257 e. The number of hydrogen-bond donors (Lipinski definition) is 2. The molecule has 0 aliphatic heterocycles. The van der Waals surface area contributed by atoms with Crippen molar-refractivity contribution in [1.29, 1.82) is 0 Å². The first kappa shape index (κ1) is 24.4. The molecule has 0 aromatic heterocycles. The average Bonchev–Trinajstić information content (AvgIpc) is 2.89. The maximum absolute atomic E-state index is 13.1. The minimum atomic E-state index is -0.497. The Morgan fingerprint density at radius 1 is 0.706 bits per heavy atom. The van der Waals surface area contributed by atoms with E-state index in [2.05, 4.69) is 10.6 Å². The Hall–Kier alpha value is -4.26. The summed E-state index contributed by atoms with van der Waals surface area (Å²) in [6.07, 6.45) is 1.51. The van der Waals surface area contributed by atoms with Gasteiger partial charge in [0, 0.05) is 13.1 Å². The predicted octanol–water partition coefficient (Wildman–Crippen LogP) is 3.73. The first-order chi connectivity index (χ1) is 16.5. The molecule has 3 rings (SSSR count). The highest BCUT2D eigenvalue weighted by atomic mass is 16.5. The number of carbonyl (C=O) groups excluding carboxylic acids is 2. The van der Waals surface area contributed by atoms with Crippen molar-refractivity contribution in [1.82, 2.24) is 10.6 Å². The molecule has 0 aliphatic carbocycles. The van der Waals surface area contributed by atoms with Crippen LogP contribution in [0.25, 0.3) is 6.08 Å². The Labute approximate surface area is 199 Å². The van der Waals surface area contributed by atoms with Crippen molar-refractivity contribution in [3.63, 3.8) is 0 Å². The van der Waals surface area contributed by atoms with Crippen LogP contribution in [0.1, 0.15) is 16.7 Å². The highest BCUT2D eigenvalue weighted by molar-refractivity contribution is 6.21. The van der Waals surface area contributed by atoms with Crippen LogP contribution in [0.4, 0.5) is 0 Å². The van der Waals surface area contributed by atoms with Crippen LogP contribution in [-0.4, -0.2) is 33.1 Å². The summed E-state index contributed by atoms with van der Waals surface area (Å²) in [6.45, 7) is 0.580. The van der Waals surface area contributed by atoms with Gasteiger partial charge in [-0.3, -0.25) is 9.59 Å². The number of hydrogen-bond acceptors (Lipinski definition) is 5. The van der Waals surface area contributed by atoms with Crippen molar-refractivity contribution >= 4 is 17.9 Å². The fourth-order valence-corrected chi connectivity index (χ4v) is 3.33. The zero-order valence-corrected chi connectivity index (χ0v) is 19.5. The van der Waals surface area contributed by atoms with Crippen LogP contribution < -0.4 is 24.8 Å². The molecule has 0 unspecified atom stereocenters. The third-order valence-electron chi connectivity index (χ3n) is 5.08. The summed E-state index contributed by atoms with van der Waals surface area (Å²) in [5, 5.41) is 5.65. The van der Waals surface area contributed by atoms with Gasteiger partial charge in [0.2, 0.25) is 5.75 Å². The lowest BCUT2D eigenvalue weighted by molar-refractivity contribution is -0.123. The normalized spacial score (nSPS) is 10.1. The molecule has 3 aromatic carbocycles. The highest BCUT2D eigenvalue weighted by Crippen LogP contribution is 2.38. The molecule has 0 radical (unpaired) electrons. The van der Waals surface area contributed by atoms with Crippen LogP contribution in [0, 0.1) is 0 Å². The van der Waals surface area contributed by atoms with Gasteiger partial charge in [0.15, 0.2) is 11.5 Å². The summed E-state index contributed by atoms with van der Waals surface area (Å²) in [5.74, 6) is 0.265. The standard InChI is InChI=1S/C27H28N2O5/c1-32-23-15-21(16-24(33-2)25(23)34-3)14-22(26(30)28-17-19-10-6-4-7-11-19)27(31)29-18-20-12-8-5-9-13-20/h4-16H,17-18H2,1-3H3,(H,28,30)(H,29,31). The third-order valence-corrected chi connectivity index (χ3v) is 5.08. The number of nitrogens with one attached hydrogen (secondary N) is 2. The molecule has 0 saturated heterocycles. The van der Waals surface area contributed by atoms with Gasteiger partial charge >= 0.3 is 0 Å².